The highest BCUT2D eigenvalue weighted by Crippen LogP contribution is 2.17. The van der Waals surface area contributed by atoms with Crippen LogP contribution < -0.4 is 0 Å². The van der Waals surface area contributed by atoms with Gasteiger partial charge < -0.3 is 0 Å². The van der Waals surface area contributed by atoms with Gasteiger partial charge in [0.2, 0.25) is 0 Å². The van der Waals surface area contributed by atoms with E-state index in [1.165, 1.54) is 25.7 Å². The van der Waals surface area contributed by atoms with Gasteiger partial charge in [-0.05, 0) is 18.8 Å². The Balaban J connectivity index is 2.17. The van der Waals surface area contributed by atoms with Gasteiger partial charge in [-0.3, -0.25) is 0 Å². The van der Waals surface area contributed by atoms with Crippen LogP contribution in [-0.4, -0.2) is 0 Å². The molecule has 0 aliphatic heterocycles. The Morgan fingerprint density at radius 3 is 2.90 bits per heavy atom. The standard InChI is InChI=1S/C10H16/c1-2-3-7-10-8-5-4-6-9-10/h4-6,8,10H,2-3,7,9H2,1H3. The van der Waals surface area contributed by atoms with Crippen molar-refractivity contribution in [3.63, 3.8) is 0 Å². The highest BCUT2D eigenvalue weighted by Gasteiger charge is 2.02. The van der Waals surface area contributed by atoms with Crippen molar-refractivity contribution in [3.8, 4) is 0 Å². The maximum absolute atomic E-state index is 2.33. The first-order valence-corrected chi connectivity index (χ1v) is 4.27. The summed E-state index contributed by atoms with van der Waals surface area (Å²) in [5.41, 5.74) is 0. The van der Waals surface area contributed by atoms with Crippen LogP contribution in [0.5, 0.6) is 0 Å². The van der Waals surface area contributed by atoms with E-state index in [9.17, 15) is 0 Å². The van der Waals surface area contributed by atoms with E-state index >= 15 is 0 Å². The minimum Gasteiger partial charge on any atom is -0.0840 e. The van der Waals surface area contributed by atoms with Gasteiger partial charge in [0.15, 0.2) is 0 Å². The lowest BCUT2D eigenvalue weighted by Gasteiger charge is -2.10. The first-order valence-electron chi connectivity index (χ1n) is 4.27. The van der Waals surface area contributed by atoms with Gasteiger partial charge in [0.1, 0.15) is 0 Å². The van der Waals surface area contributed by atoms with Crippen molar-refractivity contribution in [2.75, 3.05) is 0 Å². The van der Waals surface area contributed by atoms with Crippen molar-refractivity contribution in [3.05, 3.63) is 24.3 Å². The second kappa shape index (κ2) is 4.32. The molecule has 0 heteroatoms. The first kappa shape index (κ1) is 7.59. The summed E-state index contributed by atoms with van der Waals surface area (Å²) in [6.45, 7) is 2.25. The zero-order chi connectivity index (χ0) is 7.23. The predicted octanol–water partition coefficient (Wildman–Crippen LogP) is 3.31. The molecule has 0 amide bonds. The molecule has 0 saturated carbocycles. The van der Waals surface area contributed by atoms with Crippen molar-refractivity contribution >= 4 is 0 Å². The molecular formula is C10H16. The Kier molecular flexibility index (Phi) is 3.28. The van der Waals surface area contributed by atoms with Crippen molar-refractivity contribution in [1.82, 2.24) is 0 Å². The topological polar surface area (TPSA) is 0 Å². The lowest BCUT2D eigenvalue weighted by molar-refractivity contribution is 0.558. The van der Waals surface area contributed by atoms with Crippen molar-refractivity contribution in [2.45, 2.75) is 32.6 Å². The van der Waals surface area contributed by atoms with Crippen LogP contribution in [0.1, 0.15) is 32.6 Å². The van der Waals surface area contributed by atoms with Gasteiger partial charge in [0.05, 0.1) is 0 Å². The van der Waals surface area contributed by atoms with E-state index in [-0.39, 0.29) is 0 Å². The molecule has 0 radical (unpaired) electrons. The summed E-state index contributed by atoms with van der Waals surface area (Å²) in [5, 5.41) is 0. The molecule has 0 heterocycles. The smallest absolute Gasteiger partial charge is 0.0196 e. The third-order valence-corrected chi connectivity index (χ3v) is 2.00. The van der Waals surface area contributed by atoms with E-state index in [4.69, 9.17) is 0 Å². The monoisotopic (exact) mass is 136 g/mol. The molecule has 0 aromatic rings. The molecule has 0 saturated heterocycles. The zero-order valence-electron chi connectivity index (χ0n) is 6.72. The maximum Gasteiger partial charge on any atom is -0.0196 e. The van der Waals surface area contributed by atoms with Gasteiger partial charge in [-0.2, -0.15) is 0 Å². The fourth-order valence-corrected chi connectivity index (χ4v) is 1.31. The second-order valence-electron chi connectivity index (χ2n) is 2.95. The van der Waals surface area contributed by atoms with Gasteiger partial charge in [-0.15, -0.1) is 0 Å². The molecule has 1 atom stereocenters. The summed E-state index contributed by atoms with van der Waals surface area (Å²) in [6.07, 6.45) is 14.2. The lowest BCUT2D eigenvalue weighted by atomic mass is 9.95. The van der Waals surface area contributed by atoms with E-state index in [1.807, 2.05) is 0 Å². The minimum absolute atomic E-state index is 0.838. The van der Waals surface area contributed by atoms with Crippen LogP contribution in [-0.2, 0) is 0 Å². The molecule has 1 aliphatic rings. The Bertz CT molecular complexity index is 131. The first-order chi connectivity index (χ1) is 4.93. The van der Waals surface area contributed by atoms with Crippen molar-refractivity contribution in [2.24, 2.45) is 5.92 Å². The normalized spacial score (nSPS) is 23.5. The van der Waals surface area contributed by atoms with E-state index in [0.717, 1.165) is 5.92 Å². The summed E-state index contributed by atoms with van der Waals surface area (Å²) in [4.78, 5) is 0. The van der Waals surface area contributed by atoms with Crippen LogP contribution in [0.4, 0.5) is 0 Å². The third-order valence-electron chi connectivity index (χ3n) is 2.00. The summed E-state index contributed by atoms with van der Waals surface area (Å²) in [6, 6.07) is 0. The molecule has 1 aliphatic carbocycles. The average Bonchev–Trinajstić information content (AvgIpc) is 2.03. The molecule has 0 bridgehead atoms. The molecule has 10 heavy (non-hydrogen) atoms. The second-order valence-corrected chi connectivity index (χ2v) is 2.95. The van der Waals surface area contributed by atoms with E-state index in [0.29, 0.717) is 0 Å². The molecule has 0 aromatic carbocycles. The summed E-state index contributed by atoms with van der Waals surface area (Å²) in [5.74, 6) is 0.838. The average molecular weight is 136 g/mol. The molecule has 0 spiro atoms. The van der Waals surface area contributed by atoms with E-state index in [1.54, 1.807) is 0 Å². The molecule has 56 valence electrons. The van der Waals surface area contributed by atoms with Crippen LogP contribution in [0.15, 0.2) is 24.3 Å². The fraction of sp³-hybridized carbons (Fsp3) is 0.600. The number of allylic oxidation sites excluding steroid dienone is 4. The minimum atomic E-state index is 0.838. The molecule has 0 fully saturated rings. The lowest BCUT2D eigenvalue weighted by Crippen LogP contribution is -1.96. The predicted molar refractivity (Wildman–Crippen MR) is 45.9 cm³/mol. The quantitative estimate of drug-likeness (QED) is 0.558. The number of hydrogen-bond donors (Lipinski definition) is 0. The molecule has 1 rings (SSSR count). The highest BCUT2D eigenvalue weighted by atomic mass is 14.1. The van der Waals surface area contributed by atoms with E-state index in [2.05, 4.69) is 31.2 Å². The molecule has 0 aromatic heterocycles. The van der Waals surface area contributed by atoms with Gasteiger partial charge in [0, 0.05) is 0 Å². The van der Waals surface area contributed by atoms with Crippen LogP contribution in [0.25, 0.3) is 0 Å². The number of rotatable bonds is 3. The zero-order valence-corrected chi connectivity index (χ0v) is 6.72. The summed E-state index contributed by atoms with van der Waals surface area (Å²) in [7, 11) is 0. The van der Waals surface area contributed by atoms with Crippen LogP contribution in [0, 0.1) is 5.92 Å². The largest absolute Gasteiger partial charge is 0.0840 e. The van der Waals surface area contributed by atoms with Crippen molar-refractivity contribution < 1.29 is 0 Å². The molecule has 0 nitrogen and oxygen atoms in total. The SMILES string of the molecule is CCCCC1C=CC=CC1. The molecular weight excluding hydrogens is 120 g/mol. The Labute approximate surface area is 63.6 Å². The Morgan fingerprint density at radius 2 is 2.30 bits per heavy atom. The van der Waals surface area contributed by atoms with Crippen LogP contribution in [0.3, 0.4) is 0 Å². The fourth-order valence-electron chi connectivity index (χ4n) is 1.31. The van der Waals surface area contributed by atoms with Gasteiger partial charge in [-0.1, -0.05) is 44.1 Å². The molecule has 0 N–H and O–H groups in total. The Morgan fingerprint density at radius 1 is 1.40 bits per heavy atom. The molecule has 1 unspecified atom stereocenters. The van der Waals surface area contributed by atoms with Gasteiger partial charge in [0.25, 0.3) is 0 Å². The summed E-state index contributed by atoms with van der Waals surface area (Å²) < 4.78 is 0. The van der Waals surface area contributed by atoms with Gasteiger partial charge in [-0.25, -0.2) is 0 Å². The summed E-state index contributed by atoms with van der Waals surface area (Å²) >= 11 is 0. The van der Waals surface area contributed by atoms with Gasteiger partial charge >= 0.3 is 0 Å². The maximum atomic E-state index is 2.33. The Hall–Kier alpha value is -0.520. The van der Waals surface area contributed by atoms with Crippen LogP contribution in [0.2, 0.25) is 0 Å². The van der Waals surface area contributed by atoms with E-state index < -0.39 is 0 Å². The highest BCUT2D eigenvalue weighted by molar-refractivity contribution is 5.10. The van der Waals surface area contributed by atoms with Crippen molar-refractivity contribution in [1.29, 1.82) is 0 Å². The number of hydrogen-bond acceptors (Lipinski definition) is 0. The van der Waals surface area contributed by atoms with Crippen LogP contribution >= 0.6 is 0 Å². The number of unbranched alkanes of at least 4 members (excludes halogenated alkanes) is 1. The third kappa shape index (κ3) is 2.38.